The summed E-state index contributed by atoms with van der Waals surface area (Å²) in [6.45, 7) is 18.4. The maximum atomic E-state index is 5.32. The van der Waals surface area contributed by atoms with Crippen molar-refractivity contribution >= 4 is 71.7 Å². The summed E-state index contributed by atoms with van der Waals surface area (Å²) in [6, 6.07) is 55.8. The van der Waals surface area contributed by atoms with E-state index in [0.717, 1.165) is 61.6 Å². The van der Waals surface area contributed by atoms with Crippen LogP contribution < -0.4 is 4.90 Å². The Hall–Kier alpha value is -7.24. The fourth-order valence-electron chi connectivity index (χ4n) is 10.6. The SMILES string of the molecule is CC(C)c1cccc(C(C)C)c1-c1cnc2c3cc(N(c4ccccc4)c4ccc5c6ccccc6n6c(-c7c(C(C)C)cccc7C(C)C)cnc6c5c4)ccc3c3ccccc3n12. The molecule has 0 aliphatic heterocycles. The number of nitrogens with zero attached hydrogens (tertiary/aromatic N) is 5. The topological polar surface area (TPSA) is 37.8 Å². The van der Waals surface area contributed by atoms with Crippen LogP contribution in [-0.4, -0.2) is 18.8 Å². The van der Waals surface area contributed by atoms with E-state index in [1.807, 2.05) is 0 Å². The van der Waals surface area contributed by atoms with Crippen molar-refractivity contribution in [3.05, 3.63) is 186 Å². The van der Waals surface area contributed by atoms with E-state index in [4.69, 9.17) is 9.97 Å². The Morgan fingerprint density at radius 3 is 1.14 bits per heavy atom. The second-order valence-electron chi connectivity index (χ2n) is 19.0. The average Bonchev–Trinajstić information content (AvgIpc) is 3.98. The monoisotopic (exact) mass is 845 g/mol. The molecule has 0 atom stereocenters. The Morgan fingerprint density at radius 2 is 0.738 bits per heavy atom. The van der Waals surface area contributed by atoms with Crippen LogP contribution in [0.1, 0.15) is 101 Å². The number of aromatic nitrogens is 4. The molecule has 0 unspecified atom stereocenters. The number of hydrogen-bond donors (Lipinski definition) is 0. The lowest BCUT2D eigenvalue weighted by atomic mass is 9.87. The molecule has 0 fully saturated rings. The molecule has 5 nitrogen and oxygen atoms in total. The normalized spacial score (nSPS) is 12.2. The quantitative estimate of drug-likeness (QED) is 0.136. The number of fused-ring (bicyclic) bond motifs is 12. The van der Waals surface area contributed by atoms with Crippen LogP contribution in [-0.2, 0) is 0 Å². The molecule has 0 bridgehead atoms. The summed E-state index contributed by atoms with van der Waals surface area (Å²) in [5.41, 5.74) is 17.7. The first kappa shape index (κ1) is 40.5. The van der Waals surface area contributed by atoms with E-state index in [9.17, 15) is 0 Å². The maximum absolute atomic E-state index is 5.32. The zero-order chi connectivity index (χ0) is 44.7. The van der Waals surface area contributed by atoms with Crippen molar-refractivity contribution in [2.75, 3.05) is 4.90 Å². The van der Waals surface area contributed by atoms with E-state index in [-0.39, 0.29) is 0 Å². The molecule has 0 N–H and O–H groups in total. The number of rotatable bonds is 9. The highest BCUT2D eigenvalue weighted by Crippen LogP contribution is 2.45. The van der Waals surface area contributed by atoms with Crippen LogP contribution in [0.15, 0.2) is 164 Å². The molecule has 4 aromatic heterocycles. The van der Waals surface area contributed by atoms with Crippen LogP contribution in [0.25, 0.3) is 77.2 Å². The molecule has 0 saturated heterocycles. The van der Waals surface area contributed by atoms with Gasteiger partial charge in [0, 0.05) is 49.7 Å². The Morgan fingerprint density at radius 1 is 0.354 bits per heavy atom. The van der Waals surface area contributed by atoms with Gasteiger partial charge in [-0.1, -0.05) is 159 Å². The van der Waals surface area contributed by atoms with Crippen molar-refractivity contribution in [1.82, 2.24) is 18.8 Å². The number of hydrogen-bond acceptors (Lipinski definition) is 3. The van der Waals surface area contributed by atoms with Gasteiger partial charge in [0.05, 0.1) is 34.8 Å². The minimum atomic E-state index is 0.357. The van der Waals surface area contributed by atoms with Gasteiger partial charge in [-0.15, -0.1) is 0 Å². The lowest BCUT2D eigenvalue weighted by Gasteiger charge is -2.27. The van der Waals surface area contributed by atoms with Gasteiger partial charge in [-0.2, -0.15) is 0 Å². The summed E-state index contributed by atoms with van der Waals surface area (Å²) >= 11 is 0. The fourth-order valence-corrected chi connectivity index (χ4v) is 10.6. The number of benzene rings is 7. The highest BCUT2D eigenvalue weighted by atomic mass is 15.1. The van der Waals surface area contributed by atoms with E-state index in [1.54, 1.807) is 0 Å². The summed E-state index contributed by atoms with van der Waals surface area (Å²) in [6.07, 6.45) is 4.22. The van der Waals surface area contributed by atoms with E-state index < -0.39 is 0 Å². The predicted molar refractivity (Wildman–Crippen MR) is 276 cm³/mol. The lowest BCUT2D eigenvalue weighted by molar-refractivity contribution is 0.836. The molecular formula is C60H55N5. The van der Waals surface area contributed by atoms with E-state index in [1.165, 1.54) is 54.9 Å². The molecule has 0 saturated carbocycles. The van der Waals surface area contributed by atoms with E-state index in [2.05, 4.69) is 233 Å². The molecule has 0 aliphatic rings. The minimum absolute atomic E-state index is 0.357. The highest BCUT2D eigenvalue weighted by Gasteiger charge is 2.25. The Balaban J connectivity index is 1.17. The molecule has 0 amide bonds. The Labute approximate surface area is 381 Å². The third kappa shape index (κ3) is 6.43. The lowest BCUT2D eigenvalue weighted by Crippen LogP contribution is -2.10. The van der Waals surface area contributed by atoms with Gasteiger partial charge in [-0.05, 0) is 105 Å². The van der Waals surface area contributed by atoms with Gasteiger partial charge in [0.15, 0.2) is 0 Å². The van der Waals surface area contributed by atoms with Crippen molar-refractivity contribution < 1.29 is 0 Å². The van der Waals surface area contributed by atoms with Gasteiger partial charge in [0.1, 0.15) is 11.3 Å². The molecule has 65 heavy (non-hydrogen) atoms. The predicted octanol–water partition coefficient (Wildman–Crippen LogP) is 16.9. The van der Waals surface area contributed by atoms with E-state index >= 15 is 0 Å². The molecule has 11 aromatic rings. The van der Waals surface area contributed by atoms with Crippen molar-refractivity contribution in [3.63, 3.8) is 0 Å². The number of para-hydroxylation sites is 3. The Bertz CT molecular complexity index is 3350. The molecule has 0 spiro atoms. The van der Waals surface area contributed by atoms with Crippen molar-refractivity contribution in [2.24, 2.45) is 0 Å². The van der Waals surface area contributed by atoms with Crippen LogP contribution in [0.5, 0.6) is 0 Å². The number of imidazole rings is 2. The summed E-state index contributed by atoms with van der Waals surface area (Å²) < 4.78 is 4.83. The molecule has 11 rings (SSSR count). The fraction of sp³-hybridized carbons (Fsp3) is 0.200. The number of anilines is 3. The third-order valence-corrected chi connectivity index (χ3v) is 13.7. The van der Waals surface area contributed by atoms with Gasteiger partial charge < -0.3 is 4.90 Å². The van der Waals surface area contributed by atoms with Gasteiger partial charge in [0.2, 0.25) is 0 Å². The zero-order valence-electron chi connectivity index (χ0n) is 38.6. The first-order valence-corrected chi connectivity index (χ1v) is 23.4. The van der Waals surface area contributed by atoms with Crippen LogP contribution in [0, 0.1) is 0 Å². The maximum Gasteiger partial charge on any atom is 0.145 e. The van der Waals surface area contributed by atoms with Crippen LogP contribution in [0.4, 0.5) is 17.1 Å². The van der Waals surface area contributed by atoms with Crippen LogP contribution in [0.3, 0.4) is 0 Å². The van der Waals surface area contributed by atoms with Gasteiger partial charge in [-0.25, -0.2) is 9.97 Å². The molecule has 4 heterocycles. The van der Waals surface area contributed by atoms with Gasteiger partial charge >= 0.3 is 0 Å². The van der Waals surface area contributed by atoms with Crippen LogP contribution in [0.2, 0.25) is 0 Å². The van der Waals surface area contributed by atoms with Crippen molar-refractivity contribution in [3.8, 4) is 22.5 Å². The van der Waals surface area contributed by atoms with E-state index in [0.29, 0.717) is 23.7 Å². The zero-order valence-corrected chi connectivity index (χ0v) is 38.6. The second kappa shape index (κ2) is 15.8. The van der Waals surface area contributed by atoms with Crippen LogP contribution >= 0.6 is 0 Å². The largest absolute Gasteiger partial charge is 0.310 e. The number of pyridine rings is 2. The average molecular weight is 846 g/mol. The molecule has 7 aromatic carbocycles. The second-order valence-corrected chi connectivity index (χ2v) is 19.0. The summed E-state index contributed by atoms with van der Waals surface area (Å²) in [5, 5.41) is 6.99. The molecule has 320 valence electrons. The third-order valence-electron chi connectivity index (χ3n) is 13.7. The summed E-state index contributed by atoms with van der Waals surface area (Å²) in [4.78, 5) is 13.0. The first-order valence-electron chi connectivity index (χ1n) is 23.4. The molecule has 0 aliphatic carbocycles. The minimum Gasteiger partial charge on any atom is -0.310 e. The molecule has 0 radical (unpaired) electrons. The highest BCUT2D eigenvalue weighted by molar-refractivity contribution is 6.15. The Kier molecular flexibility index (Phi) is 9.84. The van der Waals surface area contributed by atoms with Crippen molar-refractivity contribution in [2.45, 2.75) is 79.1 Å². The van der Waals surface area contributed by atoms with Crippen molar-refractivity contribution in [1.29, 1.82) is 0 Å². The van der Waals surface area contributed by atoms with Gasteiger partial charge in [0.25, 0.3) is 0 Å². The smallest absolute Gasteiger partial charge is 0.145 e. The molecule has 5 heteroatoms. The first-order chi connectivity index (χ1) is 31.6. The molecular weight excluding hydrogens is 791 g/mol. The standard InChI is InChI=1S/C60H55N5/c1-36(2)43-22-16-23-44(37(3)4)57(43)55-34-61-59-51-32-41(28-30-47(51)49-20-12-14-26-53(49)64(55)59)63(40-18-10-9-11-19-40)42-29-31-48-50-21-13-15-27-54(50)65-56(35-62-60(65)52(48)33-42)58-45(38(5)6)24-17-25-46(58)39(7)8/h9-39H,1-8H3. The summed E-state index contributed by atoms with van der Waals surface area (Å²) in [5.74, 6) is 1.43. The summed E-state index contributed by atoms with van der Waals surface area (Å²) in [7, 11) is 0. The van der Waals surface area contributed by atoms with Gasteiger partial charge in [-0.3, -0.25) is 8.80 Å².